The maximum atomic E-state index is 5.37. The average Bonchev–Trinajstić information content (AvgIpc) is 2.33. The van der Waals surface area contributed by atoms with Gasteiger partial charge in [-0.25, -0.2) is 4.98 Å². The van der Waals surface area contributed by atoms with E-state index in [-0.39, 0.29) is 0 Å². The van der Waals surface area contributed by atoms with Crippen molar-refractivity contribution in [3.8, 4) is 0 Å². The Bertz CT molecular complexity index is 310. The lowest BCUT2D eigenvalue weighted by Crippen LogP contribution is -2.06. The molecule has 1 aromatic heterocycles. The summed E-state index contributed by atoms with van der Waals surface area (Å²) in [4.78, 5) is 4.29. The number of nitrogens with zero attached hydrogens (tertiary/aromatic N) is 1. The SMILES string of the molecule is COCCOCCCCNc1cccc(Br)n1. The predicted octanol–water partition coefficient (Wildman–Crippen LogP) is 2.70. The molecule has 0 aliphatic rings. The number of methoxy groups -OCH3 is 1. The molecular formula is C12H19BrN2O2. The van der Waals surface area contributed by atoms with Crippen LogP contribution in [0.4, 0.5) is 5.82 Å². The van der Waals surface area contributed by atoms with Gasteiger partial charge in [0.1, 0.15) is 10.4 Å². The summed E-state index contributed by atoms with van der Waals surface area (Å²) >= 11 is 3.34. The number of anilines is 1. The number of hydrogen-bond acceptors (Lipinski definition) is 4. The molecule has 0 radical (unpaired) electrons. The highest BCUT2D eigenvalue weighted by atomic mass is 79.9. The lowest BCUT2D eigenvalue weighted by molar-refractivity contribution is 0.0691. The zero-order valence-corrected chi connectivity index (χ0v) is 11.7. The predicted molar refractivity (Wildman–Crippen MR) is 72.4 cm³/mol. The second-order valence-electron chi connectivity index (χ2n) is 3.58. The highest BCUT2D eigenvalue weighted by molar-refractivity contribution is 9.10. The molecule has 1 aromatic rings. The molecule has 96 valence electrons. The number of ether oxygens (including phenoxy) is 2. The van der Waals surface area contributed by atoms with Gasteiger partial charge in [0.25, 0.3) is 0 Å². The van der Waals surface area contributed by atoms with Crippen LogP contribution in [-0.4, -0.2) is 38.5 Å². The fourth-order valence-electron chi connectivity index (χ4n) is 1.30. The summed E-state index contributed by atoms with van der Waals surface area (Å²) in [7, 11) is 1.68. The van der Waals surface area contributed by atoms with E-state index in [1.165, 1.54) is 0 Å². The van der Waals surface area contributed by atoms with E-state index < -0.39 is 0 Å². The molecule has 1 heterocycles. The molecule has 0 atom stereocenters. The first-order valence-electron chi connectivity index (χ1n) is 5.76. The van der Waals surface area contributed by atoms with Crippen molar-refractivity contribution in [3.05, 3.63) is 22.8 Å². The van der Waals surface area contributed by atoms with E-state index in [0.29, 0.717) is 13.2 Å². The van der Waals surface area contributed by atoms with Crippen molar-refractivity contribution >= 4 is 21.7 Å². The maximum Gasteiger partial charge on any atom is 0.127 e. The van der Waals surface area contributed by atoms with Crippen LogP contribution in [0.2, 0.25) is 0 Å². The van der Waals surface area contributed by atoms with Crippen LogP contribution in [0.25, 0.3) is 0 Å². The van der Waals surface area contributed by atoms with Crippen LogP contribution in [0.1, 0.15) is 12.8 Å². The van der Waals surface area contributed by atoms with Gasteiger partial charge in [-0.2, -0.15) is 0 Å². The van der Waals surface area contributed by atoms with Crippen molar-refractivity contribution in [2.24, 2.45) is 0 Å². The van der Waals surface area contributed by atoms with Crippen molar-refractivity contribution in [1.29, 1.82) is 0 Å². The third kappa shape index (κ3) is 7.31. The van der Waals surface area contributed by atoms with E-state index in [1.807, 2.05) is 18.2 Å². The quantitative estimate of drug-likeness (QED) is 0.563. The van der Waals surface area contributed by atoms with Crippen molar-refractivity contribution in [2.75, 3.05) is 38.8 Å². The number of nitrogens with one attached hydrogen (secondary N) is 1. The normalized spacial score (nSPS) is 10.5. The van der Waals surface area contributed by atoms with Crippen LogP contribution in [0.3, 0.4) is 0 Å². The lowest BCUT2D eigenvalue weighted by Gasteiger charge is -2.06. The number of hydrogen-bond donors (Lipinski definition) is 1. The number of halogens is 1. The minimum Gasteiger partial charge on any atom is -0.382 e. The number of aromatic nitrogens is 1. The van der Waals surface area contributed by atoms with E-state index in [1.54, 1.807) is 7.11 Å². The number of rotatable bonds is 9. The van der Waals surface area contributed by atoms with Gasteiger partial charge >= 0.3 is 0 Å². The van der Waals surface area contributed by atoms with Gasteiger partial charge in [0.05, 0.1) is 13.2 Å². The molecule has 1 rings (SSSR count). The Kier molecular flexibility index (Phi) is 7.96. The van der Waals surface area contributed by atoms with Crippen LogP contribution in [0.5, 0.6) is 0 Å². The summed E-state index contributed by atoms with van der Waals surface area (Å²) in [5, 5.41) is 3.27. The van der Waals surface area contributed by atoms with Crippen LogP contribution < -0.4 is 5.32 Å². The Labute approximate surface area is 111 Å². The molecule has 0 unspecified atom stereocenters. The van der Waals surface area contributed by atoms with E-state index in [9.17, 15) is 0 Å². The zero-order valence-electron chi connectivity index (χ0n) is 10.1. The summed E-state index contributed by atoms with van der Waals surface area (Å²) in [6.07, 6.45) is 2.12. The van der Waals surface area contributed by atoms with E-state index in [2.05, 4.69) is 26.2 Å². The fourth-order valence-corrected chi connectivity index (χ4v) is 1.64. The molecule has 0 spiro atoms. The Morgan fingerprint density at radius 3 is 2.88 bits per heavy atom. The van der Waals surface area contributed by atoms with Crippen LogP contribution >= 0.6 is 15.9 Å². The molecule has 0 aromatic carbocycles. The van der Waals surface area contributed by atoms with Gasteiger partial charge < -0.3 is 14.8 Å². The molecule has 4 nitrogen and oxygen atoms in total. The first-order valence-corrected chi connectivity index (χ1v) is 6.55. The molecule has 5 heteroatoms. The first-order chi connectivity index (χ1) is 8.33. The molecule has 0 aliphatic heterocycles. The molecular weight excluding hydrogens is 284 g/mol. The zero-order chi connectivity index (χ0) is 12.3. The smallest absolute Gasteiger partial charge is 0.127 e. The third-order valence-corrected chi connectivity index (χ3v) is 2.61. The van der Waals surface area contributed by atoms with E-state index >= 15 is 0 Å². The molecule has 0 saturated heterocycles. The van der Waals surface area contributed by atoms with Gasteiger partial charge in [0, 0.05) is 20.3 Å². The molecule has 0 aliphatic carbocycles. The number of pyridine rings is 1. The highest BCUT2D eigenvalue weighted by Gasteiger charge is 1.94. The number of unbranched alkanes of at least 4 members (excludes halogenated alkanes) is 1. The highest BCUT2D eigenvalue weighted by Crippen LogP contribution is 2.09. The second-order valence-corrected chi connectivity index (χ2v) is 4.40. The van der Waals surface area contributed by atoms with Crippen molar-refractivity contribution in [3.63, 3.8) is 0 Å². The summed E-state index contributed by atoms with van der Waals surface area (Å²) < 4.78 is 11.1. The minimum atomic E-state index is 0.667. The molecule has 0 amide bonds. The van der Waals surface area contributed by atoms with Gasteiger partial charge in [-0.1, -0.05) is 6.07 Å². The topological polar surface area (TPSA) is 43.4 Å². The second kappa shape index (κ2) is 9.39. The largest absolute Gasteiger partial charge is 0.382 e. The third-order valence-electron chi connectivity index (χ3n) is 2.17. The summed E-state index contributed by atoms with van der Waals surface area (Å²) in [5.41, 5.74) is 0. The van der Waals surface area contributed by atoms with Gasteiger partial charge in [-0.3, -0.25) is 0 Å². The molecule has 0 fully saturated rings. The van der Waals surface area contributed by atoms with Gasteiger partial charge in [-0.15, -0.1) is 0 Å². The van der Waals surface area contributed by atoms with Crippen molar-refractivity contribution in [2.45, 2.75) is 12.8 Å². The van der Waals surface area contributed by atoms with E-state index in [4.69, 9.17) is 9.47 Å². The van der Waals surface area contributed by atoms with E-state index in [0.717, 1.165) is 36.4 Å². The monoisotopic (exact) mass is 302 g/mol. The van der Waals surface area contributed by atoms with Gasteiger partial charge in [0.15, 0.2) is 0 Å². The molecule has 17 heavy (non-hydrogen) atoms. The summed E-state index contributed by atoms with van der Waals surface area (Å²) in [6, 6.07) is 5.84. The summed E-state index contributed by atoms with van der Waals surface area (Å²) in [6.45, 7) is 3.05. The fraction of sp³-hybridized carbons (Fsp3) is 0.583. The molecule has 0 bridgehead atoms. The van der Waals surface area contributed by atoms with Gasteiger partial charge in [-0.05, 0) is 40.9 Å². The van der Waals surface area contributed by atoms with Crippen LogP contribution in [-0.2, 0) is 9.47 Å². The Morgan fingerprint density at radius 2 is 2.12 bits per heavy atom. The summed E-state index contributed by atoms with van der Waals surface area (Å²) in [5.74, 6) is 0.902. The minimum absolute atomic E-state index is 0.667. The average molecular weight is 303 g/mol. The van der Waals surface area contributed by atoms with Crippen molar-refractivity contribution in [1.82, 2.24) is 4.98 Å². The molecule has 0 saturated carbocycles. The maximum absolute atomic E-state index is 5.37. The van der Waals surface area contributed by atoms with Crippen molar-refractivity contribution < 1.29 is 9.47 Å². The Balaban J connectivity index is 1.97. The lowest BCUT2D eigenvalue weighted by atomic mass is 10.3. The van der Waals surface area contributed by atoms with Gasteiger partial charge in [0.2, 0.25) is 0 Å². The first kappa shape index (κ1) is 14.4. The molecule has 1 N–H and O–H groups in total. The van der Waals surface area contributed by atoms with Crippen LogP contribution in [0, 0.1) is 0 Å². The Hall–Kier alpha value is -0.650. The Morgan fingerprint density at radius 1 is 1.24 bits per heavy atom. The standard InChI is InChI=1S/C12H19BrN2O2/c1-16-9-10-17-8-3-2-7-14-12-6-4-5-11(13)15-12/h4-6H,2-3,7-10H2,1H3,(H,14,15). The van der Waals surface area contributed by atoms with Crippen LogP contribution in [0.15, 0.2) is 22.8 Å².